The minimum Gasteiger partial charge on any atom is -0.497 e. The van der Waals surface area contributed by atoms with Crippen LogP contribution in [-0.4, -0.2) is 32.2 Å². The van der Waals surface area contributed by atoms with Gasteiger partial charge in [-0.25, -0.2) is 0 Å². The van der Waals surface area contributed by atoms with E-state index in [2.05, 4.69) is 41.3 Å². The van der Waals surface area contributed by atoms with Gasteiger partial charge in [0.1, 0.15) is 11.5 Å². The van der Waals surface area contributed by atoms with E-state index in [0.717, 1.165) is 44.0 Å². The molecule has 0 aromatic heterocycles. The smallest absolute Gasteiger partial charge is 0.122 e. The number of benzene rings is 2. The van der Waals surface area contributed by atoms with Crippen LogP contribution in [0.15, 0.2) is 42.5 Å². The molecule has 0 amide bonds. The summed E-state index contributed by atoms with van der Waals surface area (Å²) in [5, 5.41) is 0. The van der Waals surface area contributed by atoms with Gasteiger partial charge in [0, 0.05) is 25.7 Å². The largest absolute Gasteiger partial charge is 0.497 e. The van der Waals surface area contributed by atoms with Crippen molar-refractivity contribution in [2.75, 3.05) is 27.3 Å². The molecule has 0 bridgehead atoms. The predicted molar refractivity (Wildman–Crippen MR) is 88.7 cm³/mol. The molecule has 2 aromatic carbocycles. The first kappa shape index (κ1) is 14.9. The minimum atomic E-state index is 0.860. The fraction of sp³-hybridized carbons (Fsp3) is 0.368. The van der Waals surface area contributed by atoms with Crippen LogP contribution < -0.4 is 9.47 Å². The molecule has 0 atom stereocenters. The molecule has 0 aliphatic carbocycles. The number of rotatable bonds is 5. The maximum atomic E-state index is 5.34. The first-order valence-electron chi connectivity index (χ1n) is 7.79. The van der Waals surface area contributed by atoms with E-state index in [0.29, 0.717) is 0 Å². The molecule has 0 radical (unpaired) electrons. The van der Waals surface area contributed by atoms with Gasteiger partial charge < -0.3 is 9.47 Å². The standard InChI is InChI=1S/C19H23NO2/c1-21-18-11-15(12-19(13-18)22-2)7-9-20-10-8-16-5-3-4-6-17(16)14-20/h3-6,11-13H,7-10,14H2,1-2H3. The summed E-state index contributed by atoms with van der Waals surface area (Å²) >= 11 is 0. The van der Waals surface area contributed by atoms with Crippen LogP contribution in [0.5, 0.6) is 11.5 Å². The molecule has 3 nitrogen and oxygen atoms in total. The quantitative estimate of drug-likeness (QED) is 0.845. The average Bonchev–Trinajstić information content (AvgIpc) is 2.59. The van der Waals surface area contributed by atoms with Crippen LogP contribution in [0.3, 0.4) is 0 Å². The lowest BCUT2D eigenvalue weighted by Gasteiger charge is -2.28. The SMILES string of the molecule is COc1cc(CCN2CCc3ccccc3C2)cc(OC)c1. The van der Waals surface area contributed by atoms with E-state index < -0.39 is 0 Å². The highest BCUT2D eigenvalue weighted by Gasteiger charge is 2.15. The molecule has 0 fully saturated rings. The maximum absolute atomic E-state index is 5.34. The second-order valence-electron chi connectivity index (χ2n) is 5.77. The van der Waals surface area contributed by atoms with Crippen molar-refractivity contribution in [2.45, 2.75) is 19.4 Å². The zero-order valence-corrected chi connectivity index (χ0v) is 13.3. The summed E-state index contributed by atoms with van der Waals surface area (Å²) in [5.41, 5.74) is 4.23. The second kappa shape index (κ2) is 6.84. The molecular formula is C19H23NO2. The van der Waals surface area contributed by atoms with Crippen molar-refractivity contribution in [3.8, 4) is 11.5 Å². The molecule has 22 heavy (non-hydrogen) atoms. The summed E-state index contributed by atoms with van der Waals surface area (Å²) in [6, 6.07) is 14.9. The van der Waals surface area contributed by atoms with Gasteiger partial charge in [0.2, 0.25) is 0 Å². The number of fused-ring (bicyclic) bond motifs is 1. The first-order chi connectivity index (χ1) is 10.8. The van der Waals surface area contributed by atoms with Gasteiger partial charge in [0.05, 0.1) is 14.2 Å². The fourth-order valence-electron chi connectivity index (χ4n) is 3.04. The summed E-state index contributed by atoms with van der Waals surface area (Å²) in [4.78, 5) is 2.52. The van der Waals surface area contributed by atoms with Gasteiger partial charge in [0.25, 0.3) is 0 Å². The van der Waals surface area contributed by atoms with E-state index in [9.17, 15) is 0 Å². The molecule has 1 aliphatic heterocycles. The van der Waals surface area contributed by atoms with E-state index in [1.807, 2.05) is 6.07 Å². The molecule has 0 unspecified atom stereocenters. The number of ether oxygens (including phenoxy) is 2. The summed E-state index contributed by atoms with van der Waals surface area (Å²) in [5.74, 6) is 1.72. The molecule has 116 valence electrons. The lowest BCUT2D eigenvalue weighted by molar-refractivity contribution is 0.257. The van der Waals surface area contributed by atoms with Gasteiger partial charge in [-0.2, -0.15) is 0 Å². The minimum absolute atomic E-state index is 0.860. The Balaban J connectivity index is 1.64. The zero-order chi connectivity index (χ0) is 15.4. The van der Waals surface area contributed by atoms with Crippen LogP contribution in [0.4, 0.5) is 0 Å². The zero-order valence-electron chi connectivity index (χ0n) is 13.3. The molecule has 3 rings (SSSR count). The van der Waals surface area contributed by atoms with Crippen molar-refractivity contribution < 1.29 is 9.47 Å². The van der Waals surface area contributed by atoms with E-state index in [1.54, 1.807) is 14.2 Å². The predicted octanol–water partition coefficient (Wildman–Crippen LogP) is 3.30. The Bertz CT molecular complexity index is 617. The molecule has 0 N–H and O–H groups in total. The Labute approximate surface area is 132 Å². The van der Waals surface area contributed by atoms with Crippen LogP contribution in [0.1, 0.15) is 16.7 Å². The highest BCUT2D eigenvalue weighted by atomic mass is 16.5. The fourth-order valence-corrected chi connectivity index (χ4v) is 3.04. The topological polar surface area (TPSA) is 21.7 Å². The van der Waals surface area contributed by atoms with Gasteiger partial charge in [-0.05, 0) is 41.7 Å². The molecule has 1 aliphatic rings. The Morgan fingerprint density at radius 1 is 0.955 bits per heavy atom. The average molecular weight is 297 g/mol. The van der Waals surface area contributed by atoms with Crippen molar-refractivity contribution >= 4 is 0 Å². The van der Waals surface area contributed by atoms with Crippen molar-refractivity contribution in [1.29, 1.82) is 0 Å². The normalized spacial score (nSPS) is 14.5. The number of hydrogen-bond acceptors (Lipinski definition) is 3. The lowest BCUT2D eigenvalue weighted by atomic mass is 9.99. The molecule has 0 saturated heterocycles. The second-order valence-corrected chi connectivity index (χ2v) is 5.77. The molecule has 0 spiro atoms. The molecule has 1 heterocycles. The van der Waals surface area contributed by atoms with Crippen LogP contribution >= 0.6 is 0 Å². The van der Waals surface area contributed by atoms with Gasteiger partial charge in [-0.15, -0.1) is 0 Å². The van der Waals surface area contributed by atoms with E-state index in [4.69, 9.17) is 9.47 Å². The Morgan fingerprint density at radius 3 is 2.32 bits per heavy atom. The third kappa shape index (κ3) is 3.42. The Morgan fingerprint density at radius 2 is 1.64 bits per heavy atom. The summed E-state index contributed by atoms with van der Waals surface area (Å²) in [6.45, 7) is 3.25. The van der Waals surface area contributed by atoms with Crippen LogP contribution in [-0.2, 0) is 19.4 Å². The van der Waals surface area contributed by atoms with E-state index in [1.165, 1.54) is 16.7 Å². The van der Waals surface area contributed by atoms with Crippen molar-refractivity contribution in [3.63, 3.8) is 0 Å². The van der Waals surface area contributed by atoms with E-state index in [-0.39, 0.29) is 0 Å². The highest BCUT2D eigenvalue weighted by molar-refractivity contribution is 5.38. The van der Waals surface area contributed by atoms with Gasteiger partial charge >= 0.3 is 0 Å². The Hall–Kier alpha value is -2.00. The Kier molecular flexibility index (Phi) is 4.64. The number of nitrogens with zero attached hydrogens (tertiary/aromatic N) is 1. The van der Waals surface area contributed by atoms with Crippen LogP contribution in [0.2, 0.25) is 0 Å². The van der Waals surface area contributed by atoms with Crippen LogP contribution in [0, 0.1) is 0 Å². The van der Waals surface area contributed by atoms with Gasteiger partial charge in [-0.1, -0.05) is 24.3 Å². The number of hydrogen-bond donors (Lipinski definition) is 0. The third-order valence-corrected chi connectivity index (χ3v) is 4.34. The van der Waals surface area contributed by atoms with Crippen molar-refractivity contribution in [2.24, 2.45) is 0 Å². The summed E-state index contributed by atoms with van der Waals surface area (Å²) in [6.07, 6.45) is 2.16. The monoisotopic (exact) mass is 297 g/mol. The molecule has 3 heteroatoms. The highest BCUT2D eigenvalue weighted by Crippen LogP contribution is 2.24. The molecule has 2 aromatic rings. The number of methoxy groups -OCH3 is 2. The first-order valence-corrected chi connectivity index (χ1v) is 7.79. The molecular weight excluding hydrogens is 274 g/mol. The molecule has 0 saturated carbocycles. The lowest BCUT2D eigenvalue weighted by Crippen LogP contribution is -2.32. The van der Waals surface area contributed by atoms with Gasteiger partial charge in [-0.3, -0.25) is 4.90 Å². The third-order valence-electron chi connectivity index (χ3n) is 4.34. The van der Waals surface area contributed by atoms with Crippen molar-refractivity contribution in [3.05, 3.63) is 59.2 Å². The maximum Gasteiger partial charge on any atom is 0.122 e. The van der Waals surface area contributed by atoms with E-state index >= 15 is 0 Å². The van der Waals surface area contributed by atoms with Crippen LogP contribution in [0.25, 0.3) is 0 Å². The van der Waals surface area contributed by atoms with Crippen molar-refractivity contribution in [1.82, 2.24) is 4.90 Å². The van der Waals surface area contributed by atoms with Gasteiger partial charge in [0.15, 0.2) is 0 Å². The summed E-state index contributed by atoms with van der Waals surface area (Å²) < 4.78 is 10.7. The summed E-state index contributed by atoms with van der Waals surface area (Å²) in [7, 11) is 3.39.